The van der Waals surface area contributed by atoms with Crippen LogP contribution in [0, 0.1) is 6.92 Å². The van der Waals surface area contributed by atoms with Gasteiger partial charge < -0.3 is 9.80 Å². The van der Waals surface area contributed by atoms with Crippen molar-refractivity contribution in [1.29, 1.82) is 0 Å². The number of carbonyl (C=O) groups is 1. The first kappa shape index (κ1) is 21.4. The first-order valence-corrected chi connectivity index (χ1v) is 11.4. The van der Waals surface area contributed by atoms with Crippen molar-refractivity contribution in [3.63, 3.8) is 0 Å². The number of nitrogens with zero attached hydrogens (tertiary/aromatic N) is 8. The number of imidazole rings is 1. The summed E-state index contributed by atoms with van der Waals surface area (Å²) in [4.78, 5) is 38.6. The average molecular weight is 451 g/mol. The molecule has 172 valence electrons. The van der Waals surface area contributed by atoms with Crippen molar-refractivity contribution in [1.82, 2.24) is 34.4 Å². The number of aromatic nitrogens is 6. The third kappa shape index (κ3) is 4.29. The molecule has 1 aliphatic heterocycles. The maximum absolute atomic E-state index is 15.4. The third-order valence-corrected chi connectivity index (χ3v) is 6.35. The number of anilines is 1. The zero-order valence-corrected chi connectivity index (χ0v) is 18.8. The smallest absolute Gasteiger partial charge is 0.274 e. The van der Waals surface area contributed by atoms with Crippen molar-refractivity contribution in [2.24, 2.45) is 0 Å². The van der Waals surface area contributed by atoms with E-state index in [-0.39, 0.29) is 24.2 Å². The first-order valence-electron chi connectivity index (χ1n) is 11.4. The van der Waals surface area contributed by atoms with E-state index in [9.17, 15) is 4.79 Å². The van der Waals surface area contributed by atoms with Crippen LogP contribution in [-0.2, 0) is 6.42 Å². The summed E-state index contributed by atoms with van der Waals surface area (Å²) >= 11 is 0. The molecule has 0 spiro atoms. The van der Waals surface area contributed by atoms with E-state index < -0.39 is 12.2 Å². The molecule has 9 nitrogen and oxygen atoms in total. The van der Waals surface area contributed by atoms with E-state index in [1.165, 1.54) is 6.20 Å². The Morgan fingerprint density at radius 2 is 1.88 bits per heavy atom. The molecular formula is C23H27FN8O. The molecule has 3 aromatic rings. The molecule has 10 heteroatoms. The molecule has 2 unspecified atom stereocenters. The van der Waals surface area contributed by atoms with Crippen LogP contribution in [0.3, 0.4) is 0 Å². The lowest BCUT2D eigenvalue weighted by Crippen LogP contribution is -2.55. The van der Waals surface area contributed by atoms with Crippen LogP contribution in [0.15, 0.2) is 37.2 Å². The van der Waals surface area contributed by atoms with Gasteiger partial charge in [0.15, 0.2) is 5.82 Å². The Bertz CT molecular complexity index is 1110. The zero-order chi connectivity index (χ0) is 22.9. The van der Waals surface area contributed by atoms with Crippen LogP contribution >= 0.6 is 0 Å². The SMILES string of the molecule is CCc1cnc(N2CCC(N(C(=O)c3cnc(-n4ccnc4C)cn3)C3CC3)C(F)C2)nc1. The van der Waals surface area contributed by atoms with Gasteiger partial charge in [0.05, 0.1) is 25.0 Å². The molecule has 2 aliphatic rings. The minimum atomic E-state index is -1.20. The van der Waals surface area contributed by atoms with Gasteiger partial charge >= 0.3 is 0 Å². The third-order valence-electron chi connectivity index (χ3n) is 6.35. The molecule has 3 aromatic heterocycles. The normalized spacial score (nSPS) is 20.6. The highest BCUT2D eigenvalue weighted by Crippen LogP contribution is 2.34. The molecule has 1 saturated heterocycles. The highest BCUT2D eigenvalue weighted by Gasteiger charge is 2.44. The summed E-state index contributed by atoms with van der Waals surface area (Å²) in [5, 5.41) is 0. The average Bonchev–Trinajstić information content (AvgIpc) is 3.59. The molecule has 0 radical (unpaired) electrons. The van der Waals surface area contributed by atoms with Gasteiger partial charge in [-0.1, -0.05) is 6.92 Å². The van der Waals surface area contributed by atoms with Crippen LogP contribution in [0.5, 0.6) is 0 Å². The van der Waals surface area contributed by atoms with Gasteiger partial charge in [-0.2, -0.15) is 0 Å². The molecule has 33 heavy (non-hydrogen) atoms. The second-order valence-electron chi connectivity index (χ2n) is 8.61. The lowest BCUT2D eigenvalue weighted by Gasteiger charge is -2.40. The van der Waals surface area contributed by atoms with Crippen molar-refractivity contribution in [3.8, 4) is 5.82 Å². The Morgan fingerprint density at radius 1 is 1.09 bits per heavy atom. The Morgan fingerprint density at radius 3 is 2.45 bits per heavy atom. The first-order chi connectivity index (χ1) is 16.0. The number of piperidine rings is 1. The fourth-order valence-electron chi connectivity index (χ4n) is 4.33. The summed E-state index contributed by atoms with van der Waals surface area (Å²) in [6, 6.07) is -0.432. The van der Waals surface area contributed by atoms with Crippen molar-refractivity contribution in [2.75, 3.05) is 18.0 Å². The van der Waals surface area contributed by atoms with Gasteiger partial charge in [0, 0.05) is 37.4 Å². The van der Waals surface area contributed by atoms with Gasteiger partial charge in [0.2, 0.25) is 5.95 Å². The van der Waals surface area contributed by atoms with Crippen LogP contribution in [0.25, 0.3) is 5.82 Å². The van der Waals surface area contributed by atoms with Gasteiger partial charge in [-0.3, -0.25) is 9.36 Å². The highest BCUT2D eigenvalue weighted by molar-refractivity contribution is 5.92. The standard InChI is InChI=1S/C23H27FN8O/c1-3-16-10-28-23(29-11-16)30-8-6-20(18(24)14-30)32(17-4-5-17)22(33)19-12-27-21(13-26-19)31-9-7-25-15(31)2/h7,9-13,17-18,20H,3-6,8,14H2,1-2H3. The molecule has 1 saturated carbocycles. The molecule has 1 amide bonds. The lowest BCUT2D eigenvalue weighted by molar-refractivity contribution is 0.0480. The lowest BCUT2D eigenvalue weighted by atomic mass is 10.0. The number of aryl methyl sites for hydroxylation is 2. The molecule has 0 bridgehead atoms. The van der Waals surface area contributed by atoms with Crippen molar-refractivity contribution < 1.29 is 9.18 Å². The van der Waals surface area contributed by atoms with E-state index in [1.54, 1.807) is 40.5 Å². The number of carbonyl (C=O) groups excluding carboxylic acids is 1. The van der Waals surface area contributed by atoms with E-state index >= 15 is 4.39 Å². The number of alkyl halides is 1. The van der Waals surface area contributed by atoms with Crippen molar-refractivity contribution in [2.45, 2.75) is 57.8 Å². The van der Waals surface area contributed by atoms with Crippen LogP contribution in [0.1, 0.15) is 48.1 Å². The Labute approximate surface area is 191 Å². The molecule has 5 rings (SSSR count). The monoisotopic (exact) mass is 450 g/mol. The van der Waals surface area contributed by atoms with Crippen LogP contribution in [0.4, 0.5) is 10.3 Å². The van der Waals surface area contributed by atoms with E-state index in [0.717, 1.165) is 30.7 Å². The van der Waals surface area contributed by atoms with E-state index in [2.05, 4.69) is 24.9 Å². The predicted octanol–water partition coefficient (Wildman–Crippen LogP) is 2.54. The molecule has 1 aliphatic carbocycles. The Balaban J connectivity index is 1.30. The minimum Gasteiger partial charge on any atom is -0.338 e. The van der Waals surface area contributed by atoms with Crippen molar-refractivity contribution in [3.05, 3.63) is 54.3 Å². The van der Waals surface area contributed by atoms with Gasteiger partial charge in [-0.15, -0.1) is 0 Å². The molecule has 2 atom stereocenters. The minimum absolute atomic E-state index is 0.0600. The summed E-state index contributed by atoms with van der Waals surface area (Å²) in [6.45, 7) is 4.67. The Hall–Kier alpha value is -3.43. The highest BCUT2D eigenvalue weighted by atomic mass is 19.1. The summed E-state index contributed by atoms with van der Waals surface area (Å²) in [5.74, 6) is 1.64. The number of halogens is 1. The molecule has 0 N–H and O–H groups in total. The zero-order valence-electron chi connectivity index (χ0n) is 18.8. The summed E-state index contributed by atoms with van der Waals surface area (Å²) in [5.41, 5.74) is 1.28. The van der Waals surface area contributed by atoms with Crippen LogP contribution in [0.2, 0.25) is 0 Å². The number of hydrogen-bond acceptors (Lipinski definition) is 7. The van der Waals surface area contributed by atoms with Crippen LogP contribution in [-0.4, -0.2) is 71.6 Å². The summed E-state index contributed by atoms with van der Waals surface area (Å²) in [7, 11) is 0. The van der Waals surface area contributed by atoms with E-state index in [4.69, 9.17) is 0 Å². The van der Waals surface area contributed by atoms with Gasteiger partial charge in [0.25, 0.3) is 5.91 Å². The summed E-state index contributed by atoms with van der Waals surface area (Å²) < 4.78 is 17.2. The van der Waals surface area contributed by atoms with Gasteiger partial charge in [0.1, 0.15) is 17.7 Å². The largest absolute Gasteiger partial charge is 0.338 e. The quantitative estimate of drug-likeness (QED) is 0.570. The van der Waals surface area contributed by atoms with Crippen LogP contribution < -0.4 is 4.90 Å². The maximum Gasteiger partial charge on any atom is 0.274 e. The van der Waals surface area contributed by atoms with Gasteiger partial charge in [-0.05, 0) is 38.2 Å². The molecule has 4 heterocycles. The Kier molecular flexibility index (Phi) is 5.74. The maximum atomic E-state index is 15.4. The van der Waals surface area contributed by atoms with Gasteiger partial charge in [-0.25, -0.2) is 29.3 Å². The topological polar surface area (TPSA) is 92.9 Å². The van der Waals surface area contributed by atoms with E-state index in [0.29, 0.717) is 24.7 Å². The number of hydrogen-bond donors (Lipinski definition) is 0. The fourth-order valence-corrected chi connectivity index (χ4v) is 4.33. The summed E-state index contributed by atoms with van der Waals surface area (Å²) in [6.07, 6.45) is 12.0. The van der Waals surface area contributed by atoms with E-state index in [1.807, 2.05) is 18.7 Å². The second-order valence-corrected chi connectivity index (χ2v) is 8.61. The molecular weight excluding hydrogens is 423 g/mol. The predicted molar refractivity (Wildman–Crippen MR) is 120 cm³/mol. The number of amides is 1. The molecule has 0 aromatic carbocycles. The fraction of sp³-hybridized carbons (Fsp3) is 0.478. The second kappa shape index (κ2) is 8.84. The molecule has 2 fully saturated rings. The number of rotatable bonds is 6. The van der Waals surface area contributed by atoms with Crippen molar-refractivity contribution >= 4 is 11.9 Å².